The van der Waals surface area contributed by atoms with Crippen LogP contribution < -0.4 is 0 Å². The summed E-state index contributed by atoms with van der Waals surface area (Å²) in [7, 11) is 0. The summed E-state index contributed by atoms with van der Waals surface area (Å²) in [4.78, 5) is 17.5. The smallest absolute Gasteiger partial charge is 0.269 e. The first kappa shape index (κ1) is 16.2. The number of nitro benzene ring substituents is 1. The summed E-state index contributed by atoms with van der Waals surface area (Å²) in [6.07, 6.45) is 6.61. The van der Waals surface area contributed by atoms with Crippen LogP contribution in [0.4, 0.5) is 11.4 Å². The number of benzene rings is 1. The molecule has 0 aromatic heterocycles. The van der Waals surface area contributed by atoms with Gasteiger partial charge < -0.3 is 4.90 Å². The average molecular weight is 301 g/mol. The number of allylic oxidation sites excluding steroid dienone is 1. The zero-order chi connectivity index (χ0) is 16.1. The Bertz CT molecular complexity index is 616. The predicted octanol–water partition coefficient (Wildman–Crippen LogP) is 4.73. The molecule has 22 heavy (non-hydrogen) atoms. The van der Waals surface area contributed by atoms with Crippen LogP contribution in [0.15, 0.2) is 35.0 Å². The molecule has 0 unspecified atom stereocenters. The Morgan fingerprint density at radius 1 is 1.32 bits per heavy atom. The molecule has 1 saturated heterocycles. The molecule has 0 N–H and O–H groups in total. The summed E-state index contributed by atoms with van der Waals surface area (Å²) >= 11 is 0. The van der Waals surface area contributed by atoms with Gasteiger partial charge >= 0.3 is 0 Å². The lowest BCUT2D eigenvalue weighted by molar-refractivity contribution is -0.384. The van der Waals surface area contributed by atoms with Crippen LogP contribution in [0.5, 0.6) is 0 Å². The third-order valence-electron chi connectivity index (χ3n) is 3.69. The van der Waals surface area contributed by atoms with Gasteiger partial charge in [-0.25, -0.2) is 4.99 Å². The highest BCUT2D eigenvalue weighted by atomic mass is 16.6. The van der Waals surface area contributed by atoms with Crippen molar-refractivity contribution in [1.29, 1.82) is 0 Å². The first-order valence-corrected chi connectivity index (χ1v) is 7.71. The van der Waals surface area contributed by atoms with E-state index < -0.39 is 0 Å². The molecule has 1 aromatic carbocycles. The van der Waals surface area contributed by atoms with Gasteiger partial charge in [-0.05, 0) is 45.2 Å². The number of non-ortho nitro benzene ring substituents is 1. The second kappa shape index (κ2) is 7.20. The Morgan fingerprint density at radius 2 is 2.09 bits per heavy atom. The molecule has 1 aliphatic heterocycles. The summed E-state index contributed by atoms with van der Waals surface area (Å²) in [5.41, 5.74) is 3.01. The van der Waals surface area contributed by atoms with Crippen molar-refractivity contribution < 1.29 is 4.92 Å². The maximum atomic E-state index is 10.8. The number of aryl methyl sites for hydroxylation is 1. The van der Waals surface area contributed by atoms with Crippen molar-refractivity contribution in [1.82, 2.24) is 4.90 Å². The average Bonchev–Trinajstić information content (AvgIpc) is 2.66. The van der Waals surface area contributed by atoms with Crippen LogP contribution in [0, 0.1) is 17.0 Å². The molecule has 0 atom stereocenters. The first-order chi connectivity index (χ1) is 10.5. The van der Waals surface area contributed by atoms with E-state index in [0.717, 1.165) is 36.5 Å². The number of hydrogen-bond acceptors (Lipinski definition) is 3. The lowest BCUT2D eigenvalue weighted by atomic mass is 10.1. The van der Waals surface area contributed by atoms with E-state index in [1.165, 1.54) is 24.5 Å². The van der Waals surface area contributed by atoms with Crippen LogP contribution in [0.25, 0.3) is 0 Å². The van der Waals surface area contributed by atoms with Crippen molar-refractivity contribution in [3.8, 4) is 0 Å². The molecule has 5 nitrogen and oxygen atoms in total. The van der Waals surface area contributed by atoms with Crippen LogP contribution in [0.1, 0.15) is 45.1 Å². The van der Waals surface area contributed by atoms with E-state index in [4.69, 9.17) is 4.99 Å². The summed E-state index contributed by atoms with van der Waals surface area (Å²) in [5.74, 6) is 1.05. The van der Waals surface area contributed by atoms with Gasteiger partial charge in [-0.1, -0.05) is 12.0 Å². The number of hydrogen-bond donors (Lipinski definition) is 0. The van der Waals surface area contributed by atoms with Gasteiger partial charge in [0.25, 0.3) is 5.69 Å². The molecular formula is C17H23N3O2. The zero-order valence-corrected chi connectivity index (χ0v) is 13.5. The SMILES string of the molecule is CC(C)=CN1CCCCCC1=Nc1ccc([N+](=O)[O-])cc1C. The van der Waals surface area contributed by atoms with Crippen LogP contribution in [0.3, 0.4) is 0 Å². The highest BCUT2D eigenvalue weighted by Crippen LogP contribution is 2.26. The molecule has 0 bridgehead atoms. The fourth-order valence-corrected chi connectivity index (χ4v) is 2.60. The van der Waals surface area contributed by atoms with Gasteiger partial charge in [0.1, 0.15) is 5.84 Å². The van der Waals surface area contributed by atoms with Crippen LogP contribution in [0.2, 0.25) is 0 Å². The highest BCUT2D eigenvalue weighted by Gasteiger charge is 2.14. The molecule has 1 fully saturated rings. The van der Waals surface area contributed by atoms with Gasteiger partial charge in [-0.15, -0.1) is 0 Å². The van der Waals surface area contributed by atoms with Crippen molar-refractivity contribution >= 4 is 17.2 Å². The number of rotatable bonds is 3. The summed E-state index contributed by atoms with van der Waals surface area (Å²) < 4.78 is 0. The Hall–Kier alpha value is -2.17. The minimum absolute atomic E-state index is 0.114. The maximum absolute atomic E-state index is 10.8. The third kappa shape index (κ3) is 4.16. The van der Waals surface area contributed by atoms with Gasteiger partial charge in [0, 0.05) is 31.3 Å². The van der Waals surface area contributed by atoms with Crippen molar-refractivity contribution in [2.45, 2.75) is 46.5 Å². The molecule has 0 amide bonds. The highest BCUT2D eigenvalue weighted by molar-refractivity contribution is 5.86. The Kier molecular flexibility index (Phi) is 5.31. The van der Waals surface area contributed by atoms with Crippen LogP contribution in [-0.2, 0) is 0 Å². The predicted molar refractivity (Wildman–Crippen MR) is 89.5 cm³/mol. The monoisotopic (exact) mass is 301 g/mol. The Morgan fingerprint density at radius 3 is 2.73 bits per heavy atom. The van der Waals surface area contributed by atoms with Gasteiger partial charge in [-0.3, -0.25) is 10.1 Å². The molecule has 118 valence electrons. The molecule has 1 aliphatic rings. The standard InChI is InChI=1S/C17H23N3O2/c1-13(2)12-19-10-6-4-5-7-17(19)18-16-9-8-15(20(21)22)11-14(16)3/h8-9,11-12H,4-7,10H2,1-3H3. The van der Waals surface area contributed by atoms with Gasteiger partial charge in [0.2, 0.25) is 0 Å². The van der Waals surface area contributed by atoms with Crippen molar-refractivity contribution in [3.63, 3.8) is 0 Å². The lowest BCUT2D eigenvalue weighted by Crippen LogP contribution is -2.25. The van der Waals surface area contributed by atoms with E-state index in [0.29, 0.717) is 0 Å². The molecule has 1 heterocycles. The Balaban J connectivity index is 2.35. The zero-order valence-electron chi connectivity index (χ0n) is 13.5. The second-order valence-electron chi connectivity index (χ2n) is 5.97. The fourth-order valence-electron chi connectivity index (χ4n) is 2.60. The summed E-state index contributed by atoms with van der Waals surface area (Å²) in [6.45, 7) is 7.02. The molecule has 0 aliphatic carbocycles. The van der Waals surface area contributed by atoms with E-state index in [-0.39, 0.29) is 10.6 Å². The molecular weight excluding hydrogens is 278 g/mol. The van der Waals surface area contributed by atoms with Crippen LogP contribution >= 0.6 is 0 Å². The Labute approximate surface area is 131 Å². The third-order valence-corrected chi connectivity index (χ3v) is 3.69. The van der Waals surface area contributed by atoms with Gasteiger partial charge in [-0.2, -0.15) is 0 Å². The van der Waals surface area contributed by atoms with E-state index in [1.54, 1.807) is 12.1 Å². The number of aliphatic imine (C=N–C) groups is 1. The van der Waals surface area contributed by atoms with Crippen molar-refractivity contribution in [2.24, 2.45) is 4.99 Å². The number of nitro groups is 1. The lowest BCUT2D eigenvalue weighted by Gasteiger charge is -2.21. The van der Waals surface area contributed by atoms with E-state index in [1.807, 2.05) is 6.92 Å². The molecule has 0 radical (unpaired) electrons. The maximum Gasteiger partial charge on any atom is 0.269 e. The first-order valence-electron chi connectivity index (χ1n) is 7.71. The second-order valence-corrected chi connectivity index (χ2v) is 5.97. The number of likely N-dealkylation sites (tertiary alicyclic amines) is 1. The van der Waals surface area contributed by atoms with Gasteiger partial charge in [0.05, 0.1) is 10.6 Å². The quantitative estimate of drug-likeness (QED) is 0.599. The fraction of sp³-hybridized carbons (Fsp3) is 0.471. The van der Waals surface area contributed by atoms with E-state index in [9.17, 15) is 10.1 Å². The molecule has 1 aromatic rings. The number of amidine groups is 1. The normalized spacial score (nSPS) is 17.2. The number of nitrogens with zero attached hydrogens (tertiary/aromatic N) is 3. The van der Waals surface area contributed by atoms with Crippen molar-refractivity contribution in [2.75, 3.05) is 6.54 Å². The molecule has 0 spiro atoms. The van der Waals surface area contributed by atoms with Gasteiger partial charge in [0.15, 0.2) is 0 Å². The van der Waals surface area contributed by atoms with E-state index in [2.05, 4.69) is 24.9 Å². The van der Waals surface area contributed by atoms with E-state index >= 15 is 0 Å². The minimum atomic E-state index is -0.370. The largest absolute Gasteiger partial charge is 0.337 e. The van der Waals surface area contributed by atoms with Crippen molar-refractivity contribution in [3.05, 3.63) is 45.6 Å². The molecule has 2 rings (SSSR count). The molecule has 5 heteroatoms. The molecule has 0 saturated carbocycles. The van der Waals surface area contributed by atoms with Crippen LogP contribution in [-0.4, -0.2) is 22.2 Å². The minimum Gasteiger partial charge on any atom is -0.337 e. The summed E-state index contributed by atoms with van der Waals surface area (Å²) in [5, 5.41) is 10.8. The topological polar surface area (TPSA) is 58.7 Å². The summed E-state index contributed by atoms with van der Waals surface area (Å²) in [6, 6.07) is 4.85.